The highest BCUT2D eigenvalue weighted by Gasteiger charge is 2.12. The fraction of sp³-hybridized carbons (Fsp3) is 0.364. The van der Waals surface area contributed by atoms with Crippen LogP contribution < -0.4 is 10.1 Å². The number of nitrogens with zero attached hydrogens (tertiary/aromatic N) is 1. The van der Waals surface area contributed by atoms with Gasteiger partial charge in [-0.3, -0.25) is 0 Å². The number of hydrogen-bond donors (Lipinski definition) is 1. The molecule has 0 bridgehead atoms. The van der Waals surface area contributed by atoms with Crippen LogP contribution in [0.25, 0.3) is 0 Å². The van der Waals surface area contributed by atoms with Gasteiger partial charge in [0.05, 0.1) is 11.6 Å². The number of rotatable bonds is 5. The summed E-state index contributed by atoms with van der Waals surface area (Å²) in [5.41, 5.74) is -0.0611. The minimum Gasteiger partial charge on any atom is -0.486 e. The third-order valence-corrected chi connectivity index (χ3v) is 1.90. The van der Waals surface area contributed by atoms with E-state index in [-0.39, 0.29) is 12.2 Å². The van der Waals surface area contributed by atoms with E-state index >= 15 is 0 Å². The van der Waals surface area contributed by atoms with E-state index in [9.17, 15) is 8.78 Å². The first kappa shape index (κ1) is 12.4. The van der Waals surface area contributed by atoms with Crippen LogP contribution in [-0.4, -0.2) is 19.7 Å². The fourth-order valence-corrected chi connectivity index (χ4v) is 1.16. The number of nitrogens with one attached hydrogen (secondary N) is 1. The van der Waals surface area contributed by atoms with Crippen molar-refractivity contribution in [3.63, 3.8) is 0 Å². The molecule has 16 heavy (non-hydrogen) atoms. The van der Waals surface area contributed by atoms with E-state index in [1.807, 2.05) is 6.92 Å². The molecule has 0 amide bonds. The second-order valence-electron chi connectivity index (χ2n) is 3.08. The Kier molecular flexibility index (Phi) is 4.67. The molecule has 0 unspecified atom stereocenters. The van der Waals surface area contributed by atoms with Gasteiger partial charge >= 0.3 is 0 Å². The van der Waals surface area contributed by atoms with Crippen molar-refractivity contribution in [2.45, 2.75) is 6.92 Å². The molecule has 3 nitrogen and oxygen atoms in total. The van der Waals surface area contributed by atoms with Crippen molar-refractivity contribution < 1.29 is 13.5 Å². The average molecular weight is 226 g/mol. The van der Waals surface area contributed by atoms with Gasteiger partial charge < -0.3 is 10.1 Å². The molecular weight excluding hydrogens is 214 g/mol. The van der Waals surface area contributed by atoms with Crippen LogP contribution in [0.15, 0.2) is 12.1 Å². The molecule has 0 spiro atoms. The van der Waals surface area contributed by atoms with Crippen LogP contribution >= 0.6 is 0 Å². The molecule has 0 atom stereocenters. The fourth-order valence-electron chi connectivity index (χ4n) is 1.16. The molecule has 1 aromatic rings. The molecule has 0 radical (unpaired) electrons. The van der Waals surface area contributed by atoms with Gasteiger partial charge in [0.2, 0.25) is 0 Å². The maximum absolute atomic E-state index is 13.3. The van der Waals surface area contributed by atoms with Crippen LogP contribution in [0, 0.1) is 23.0 Å². The molecule has 0 aliphatic rings. The summed E-state index contributed by atoms with van der Waals surface area (Å²) in [6, 6.07) is 3.56. The van der Waals surface area contributed by atoms with Crippen LogP contribution in [0.3, 0.4) is 0 Å². The predicted octanol–water partition coefficient (Wildman–Crippen LogP) is 1.82. The number of nitriles is 1. The lowest BCUT2D eigenvalue weighted by Gasteiger charge is -2.08. The van der Waals surface area contributed by atoms with Crippen molar-refractivity contribution in [3.05, 3.63) is 29.3 Å². The molecule has 0 aromatic heterocycles. The zero-order valence-electron chi connectivity index (χ0n) is 8.89. The normalized spacial score (nSPS) is 9.88. The van der Waals surface area contributed by atoms with Gasteiger partial charge in [0.15, 0.2) is 17.4 Å². The smallest absolute Gasteiger partial charge is 0.190 e. The molecule has 5 heteroatoms. The van der Waals surface area contributed by atoms with Crippen LogP contribution in [0.2, 0.25) is 0 Å². The molecule has 0 aliphatic carbocycles. The number of benzene rings is 1. The lowest BCUT2D eigenvalue weighted by atomic mass is 10.2. The number of ether oxygens (including phenoxy) is 1. The Morgan fingerprint density at radius 1 is 1.38 bits per heavy atom. The maximum Gasteiger partial charge on any atom is 0.190 e. The van der Waals surface area contributed by atoms with Gasteiger partial charge in [0, 0.05) is 6.54 Å². The zero-order valence-corrected chi connectivity index (χ0v) is 8.89. The number of hydrogen-bond acceptors (Lipinski definition) is 3. The monoisotopic (exact) mass is 226 g/mol. The standard InChI is InChI=1S/C11H12F2N2O/c1-2-15-3-4-16-11-9(12)5-8(7-14)6-10(11)13/h5-6,15H,2-4H2,1H3. The molecule has 0 heterocycles. The van der Waals surface area contributed by atoms with Crippen molar-refractivity contribution in [1.29, 1.82) is 5.26 Å². The summed E-state index contributed by atoms with van der Waals surface area (Å²) in [5.74, 6) is -2.14. The summed E-state index contributed by atoms with van der Waals surface area (Å²) in [4.78, 5) is 0. The van der Waals surface area contributed by atoms with E-state index in [0.717, 1.165) is 18.7 Å². The first-order valence-electron chi connectivity index (χ1n) is 4.91. The number of likely N-dealkylation sites (N-methyl/N-ethyl adjacent to an activating group) is 1. The average Bonchev–Trinajstić information content (AvgIpc) is 2.26. The minimum absolute atomic E-state index is 0.0611. The quantitative estimate of drug-likeness (QED) is 0.779. The highest BCUT2D eigenvalue weighted by Crippen LogP contribution is 2.22. The van der Waals surface area contributed by atoms with Gasteiger partial charge in [-0.2, -0.15) is 5.26 Å². The third kappa shape index (κ3) is 3.17. The highest BCUT2D eigenvalue weighted by molar-refractivity contribution is 5.37. The summed E-state index contributed by atoms with van der Waals surface area (Å²) in [6.07, 6.45) is 0. The van der Waals surface area contributed by atoms with Crippen LogP contribution in [0.4, 0.5) is 8.78 Å². The Balaban J connectivity index is 2.70. The number of halogens is 2. The second kappa shape index (κ2) is 6.03. The predicted molar refractivity (Wildman–Crippen MR) is 55.1 cm³/mol. The third-order valence-electron chi connectivity index (χ3n) is 1.90. The van der Waals surface area contributed by atoms with Gasteiger partial charge in [-0.1, -0.05) is 6.92 Å². The molecule has 0 fully saturated rings. The van der Waals surface area contributed by atoms with Gasteiger partial charge in [0.25, 0.3) is 0 Å². The van der Waals surface area contributed by atoms with Crippen LogP contribution in [0.1, 0.15) is 12.5 Å². The summed E-state index contributed by atoms with van der Waals surface area (Å²) >= 11 is 0. The lowest BCUT2D eigenvalue weighted by Crippen LogP contribution is -2.20. The topological polar surface area (TPSA) is 45.0 Å². The van der Waals surface area contributed by atoms with E-state index in [4.69, 9.17) is 10.00 Å². The molecule has 1 aromatic carbocycles. The van der Waals surface area contributed by atoms with Crippen molar-refractivity contribution in [1.82, 2.24) is 5.32 Å². The largest absolute Gasteiger partial charge is 0.486 e. The molecule has 86 valence electrons. The summed E-state index contributed by atoms with van der Waals surface area (Å²) in [5, 5.41) is 11.4. The molecule has 1 rings (SSSR count). The first-order valence-corrected chi connectivity index (χ1v) is 4.91. The van der Waals surface area contributed by atoms with Crippen molar-refractivity contribution in [2.24, 2.45) is 0 Å². The van der Waals surface area contributed by atoms with Crippen molar-refractivity contribution in [2.75, 3.05) is 19.7 Å². The Bertz CT molecular complexity index is 378. The Hall–Kier alpha value is -1.67. The van der Waals surface area contributed by atoms with Crippen LogP contribution in [-0.2, 0) is 0 Å². The van der Waals surface area contributed by atoms with E-state index in [1.165, 1.54) is 0 Å². The van der Waals surface area contributed by atoms with Crippen molar-refractivity contribution >= 4 is 0 Å². The van der Waals surface area contributed by atoms with Crippen molar-refractivity contribution in [3.8, 4) is 11.8 Å². The minimum atomic E-state index is -0.854. The van der Waals surface area contributed by atoms with E-state index in [0.29, 0.717) is 6.54 Å². The first-order chi connectivity index (χ1) is 7.69. The molecule has 0 aliphatic heterocycles. The Labute approximate surface area is 92.6 Å². The van der Waals surface area contributed by atoms with Gasteiger partial charge in [0.1, 0.15) is 6.61 Å². The maximum atomic E-state index is 13.3. The molecule has 0 saturated heterocycles. The molecular formula is C11H12F2N2O. The van der Waals surface area contributed by atoms with E-state index in [1.54, 1.807) is 6.07 Å². The Morgan fingerprint density at radius 3 is 2.50 bits per heavy atom. The molecule has 1 N–H and O–H groups in total. The highest BCUT2D eigenvalue weighted by atomic mass is 19.1. The SMILES string of the molecule is CCNCCOc1c(F)cc(C#N)cc1F. The van der Waals surface area contributed by atoms with Gasteiger partial charge in [-0.25, -0.2) is 8.78 Å². The lowest BCUT2D eigenvalue weighted by molar-refractivity contribution is 0.284. The van der Waals surface area contributed by atoms with Gasteiger partial charge in [-0.15, -0.1) is 0 Å². The second-order valence-corrected chi connectivity index (χ2v) is 3.08. The Morgan fingerprint density at radius 2 is 2.00 bits per heavy atom. The summed E-state index contributed by atoms with van der Waals surface area (Å²) < 4.78 is 31.5. The summed E-state index contributed by atoms with van der Waals surface area (Å²) in [7, 11) is 0. The summed E-state index contributed by atoms with van der Waals surface area (Å²) in [6.45, 7) is 3.37. The zero-order chi connectivity index (χ0) is 12.0. The molecule has 0 saturated carbocycles. The van der Waals surface area contributed by atoms with Crippen LogP contribution in [0.5, 0.6) is 5.75 Å². The van der Waals surface area contributed by atoms with Gasteiger partial charge in [-0.05, 0) is 18.7 Å². The van der Waals surface area contributed by atoms with E-state index in [2.05, 4.69) is 5.32 Å². The van der Waals surface area contributed by atoms with E-state index < -0.39 is 17.4 Å².